The maximum atomic E-state index is 12.6. The van der Waals surface area contributed by atoms with Crippen LogP contribution >= 0.6 is 0 Å². The molecule has 166 valence electrons. The fraction of sp³-hybridized carbons (Fsp3) is 0.550. The van der Waals surface area contributed by atoms with Gasteiger partial charge in [0.1, 0.15) is 5.75 Å². The predicted molar refractivity (Wildman–Crippen MR) is 101 cm³/mol. The van der Waals surface area contributed by atoms with Crippen LogP contribution in [-0.2, 0) is 14.3 Å². The average Bonchev–Trinajstić information content (AvgIpc) is 2.71. The summed E-state index contributed by atoms with van der Waals surface area (Å²) < 4.78 is 46.2. The zero-order valence-electron chi connectivity index (χ0n) is 16.9. The second kappa shape index (κ2) is 10.3. The van der Waals surface area contributed by atoms with Crippen molar-refractivity contribution < 1.29 is 37.0 Å². The van der Waals surface area contributed by atoms with E-state index in [0.717, 1.165) is 0 Å². The number of hydrogen-bond acceptors (Lipinski definition) is 5. The lowest BCUT2D eigenvalue weighted by atomic mass is 9.98. The Morgan fingerprint density at radius 1 is 1.20 bits per heavy atom. The normalized spacial score (nSPS) is 16.7. The molecule has 1 aromatic rings. The molecule has 1 aliphatic heterocycles. The first-order valence-electron chi connectivity index (χ1n) is 9.60. The smallest absolute Gasteiger partial charge is 0.422 e. The molecule has 1 aromatic carbocycles. The first kappa shape index (κ1) is 23.5. The number of ether oxygens (including phenoxy) is 2. The highest BCUT2D eigenvalue weighted by atomic mass is 19.4. The van der Waals surface area contributed by atoms with Crippen LogP contribution in [-0.4, -0.2) is 73.7 Å². The van der Waals surface area contributed by atoms with Gasteiger partial charge in [-0.1, -0.05) is 0 Å². The third-order valence-corrected chi connectivity index (χ3v) is 4.62. The molecule has 10 heteroatoms. The van der Waals surface area contributed by atoms with Gasteiger partial charge in [-0.2, -0.15) is 13.2 Å². The van der Waals surface area contributed by atoms with Crippen LogP contribution in [0, 0.1) is 5.92 Å². The number of nitrogens with zero attached hydrogens (tertiary/aromatic N) is 2. The molecule has 0 aromatic heterocycles. The Morgan fingerprint density at radius 2 is 1.87 bits per heavy atom. The highest BCUT2D eigenvalue weighted by Gasteiger charge is 2.30. The number of rotatable bonds is 7. The van der Waals surface area contributed by atoms with Gasteiger partial charge in [0.05, 0.1) is 19.1 Å². The van der Waals surface area contributed by atoms with Gasteiger partial charge in [0.15, 0.2) is 6.61 Å². The molecule has 2 rings (SSSR count). The van der Waals surface area contributed by atoms with Crippen LogP contribution < -0.4 is 4.74 Å². The van der Waals surface area contributed by atoms with Crippen molar-refractivity contribution in [2.24, 2.45) is 5.92 Å². The van der Waals surface area contributed by atoms with Gasteiger partial charge in [-0.3, -0.25) is 14.4 Å². The third-order valence-electron chi connectivity index (χ3n) is 4.62. The first-order chi connectivity index (χ1) is 14.1. The summed E-state index contributed by atoms with van der Waals surface area (Å²) in [7, 11) is 1.46. The predicted octanol–water partition coefficient (Wildman–Crippen LogP) is 2.50. The maximum Gasteiger partial charge on any atom is 0.422 e. The van der Waals surface area contributed by atoms with E-state index < -0.39 is 18.7 Å². The number of likely N-dealkylation sites (tertiary alicyclic amines) is 1. The van der Waals surface area contributed by atoms with Gasteiger partial charge in [-0.05, 0) is 44.0 Å². The van der Waals surface area contributed by atoms with Crippen molar-refractivity contribution in [3.8, 4) is 5.75 Å². The second-order valence-corrected chi connectivity index (χ2v) is 7.02. The molecule has 0 saturated carbocycles. The van der Waals surface area contributed by atoms with Gasteiger partial charge < -0.3 is 19.3 Å². The summed E-state index contributed by atoms with van der Waals surface area (Å²) in [5.41, 5.74) is 0.215. The quantitative estimate of drug-likeness (QED) is 0.622. The van der Waals surface area contributed by atoms with E-state index in [0.29, 0.717) is 19.4 Å². The fourth-order valence-electron chi connectivity index (χ4n) is 3.11. The van der Waals surface area contributed by atoms with Crippen molar-refractivity contribution in [2.45, 2.75) is 25.9 Å². The van der Waals surface area contributed by atoms with Crippen LogP contribution in [0.25, 0.3) is 0 Å². The zero-order chi connectivity index (χ0) is 22.3. The van der Waals surface area contributed by atoms with Gasteiger partial charge >= 0.3 is 12.1 Å². The Bertz CT molecular complexity index is 752. The van der Waals surface area contributed by atoms with E-state index in [1.807, 2.05) is 0 Å². The molecule has 1 fully saturated rings. The fourth-order valence-corrected chi connectivity index (χ4v) is 3.11. The lowest BCUT2D eigenvalue weighted by Crippen LogP contribution is -2.47. The van der Waals surface area contributed by atoms with Crippen LogP contribution in [0.4, 0.5) is 13.2 Å². The highest BCUT2D eigenvalue weighted by Crippen LogP contribution is 2.20. The number of benzene rings is 1. The molecule has 7 nitrogen and oxygen atoms in total. The number of amides is 2. The minimum absolute atomic E-state index is 0.0130. The standard InChI is InChI=1S/C20H25F3N2O5/c1-3-29-19(28)15-5-4-10-25(11-15)17(26)12-24(2)18(27)14-6-8-16(9-7-14)30-13-20(21,22)23/h6-9,15H,3-5,10-13H2,1-2H3. The average molecular weight is 430 g/mol. The summed E-state index contributed by atoms with van der Waals surface area (Å²) in [5.74, 6) is -1.45. The minimum Gasteiger partial charge on any atom is -0.484 e. The molecule has 1 unspecified atom stereocenters. The van der Waals surface area contributed by atoms with Crippen molar-refractivity contribution >= 4 is 17.8 Å². The summed E-state index contributed by atoms with van der Waals surface area (Å²) in [4.78, 5) is 39.7. The Balaban J connectivity index is 1.90. The van der Waals surface area contributed by atoms with E-state index in [2.05, 4.69) is 4.74 Å². The number of esters is 1. The Labute approximate surface area is 172 Å². The van der Waals surface area contributed by atoms with Crippen molar-refractivity contribution in [1.82, 2.24) is 9.80 Å². The zero-order valence-corrected chi connectivity index (χ0v) is 16.9. The van der Waals surface area contributed by atoms with E-state index in [9.17, 15) is 27.6 Å². The molecule has 30 heavy (non-hydrogen) atoms. The first-order valence-corrected chi connectivity index (χ1v) is 9.60. The summed E-state index contributed by atoms with van der Waals surface area (Å²) in [6.45, 7) is 1.16. The molecule has 1 atom stereocenters. The van der Waals surface area contributed by atoms with Crippen molar-refractivity contribution in [1.29, 1.82) is 0 Å². The summed E-state index contributed by atoms with van der Waals surface area (Å²) in [6, 6.07) is 5.21. The number of carbonyl (C=O) groups is 3. The van der Waals surface area contributed by atoms with E-state index >= 15 is 0 Å². The van der Waals surface area contributed by atoms with Crippen molar-refractivity contribution in [3.63, 3.8) is 0 Å². The monoisotopic (exact) mass is 430 g/mol. The number of carbonyl (C=O) groups excluding carboxylic acids is 3. The molecule has 0 N–H and O–H groups in total. The minimum atomic E-state index is -4.45. The number of alkyl halides is 3. The third kappa shape index (κ3) is 6.93. The molecule has 0 radical (unpaired) electrons. The molecule has 1 saturated heterocycles. The SMILES string of the molecule is CCOC(=O)C1CCCN(C(=O)CN(C)C(=O)c2ccc(OCC(F)(F)F)cc2)C1. The molecule has 1 aliphatic rings. The maximum absolute atomic E-state index is 12.6. The number of hydrogen-bond donors (Lipinski definition) is 0. The van der Waals surface area contributed by atoms with E-state index in [1.165, 1.54) is 36.2 Å². The van der Waals surface area contributed by atoms with Gasteiger partial charge in [0.2, 0.25) is 5.91 Å². The largest absolute Gasteiger partial charge is 0.484 e. The molecule has 0 spiro atoms. The van der Waals surface area contributed by atoms with Crippen LogP contribution in [0.15, 0.2) is 24.3 Å². The second-order valence-electron chi connectivity index (χ2n) is 7.02. The lowest BCUT2D eigenvalue weighted by molar-refractivity contribution is -0.153. The van der Waals surface area contributed by atoms with Gasteiger partial charge in [-0.15, -0.1) is 0 Å². The molecule has 2 amide bonds. The molecule has 0 bridgehead atoms. The summed E-state index contributed by atoms with van der Waals surface area (Å²) >= 11 is 0. The van der Waals surface area contributed by atoms with Crippen LogP contribution in [0.1, 0.15) is 30.1 Å². The van der Waals surface area contributed by atoms with Crippen LogP contribution in [0.5, 0.6) is 5.75 Å². The molecule has 1 heterocycles. The lowest BCUT2D eigenvalue weighted by Gasteiger charge is -2.32. The molecular formula is C20H25F3N2O5. The summed E-state index contributed by atoms with van der Waals surface area (Å²) in [6.07, 6.45) is -3.12. The number of halogens is 3. The Hall–Kier alpha value is -2.78. The molecular weight excluding hydrogens is 405 g/mol. The van der Waals surface area contributed by atoms with Gasteiger partial charge in [0, 0.05) is 25.7 Å². The van der Waals surface area contributed by atoms with Gasteiger partial charge in [0.25, 0.3) is 5.91 Å². The van der Waals surface area contributed by atoms with E-state index in [-0.39, 0.29) is 48.8 Å². The number of piperidine rings is 1. The van der Waals surface area contributed by atoms with Crippen LogP contribution in [0.3, 0.4) is 0 Å². The Morgan fingerprint density at radius 3 is 2.47 bits per heavy atom. The van der Waals surface area contributed by atoms with E-state index in [4.69, 9.17) is 4.74 Å². The van der Waals surface area contributed by atoms with Gasteiger partial charge in [-0.25, -0.2) is 0 Å². The molecule has 0 aliphatic carbocycles. The van der Waals surface area contributed by atoms with Crippen LogP contribution in [0.2, 0.25) is 0 Å². The highest BCUT2D eigenvalue weighted by molar-refractivity contribution is 5.96. The van der Waals surface area contributed by atoms with E-state index in [1.54, 1.807) is 11.8 Å². The van der Waals surface area contributed by atoms with Crippen molar-refractivity contribution in [3.05, 3.63) is 29.8 Å². The summed E-state index contributed by atoms with van der Waals surface area (Å²) in [5, 5.41) is 0. The topological polar surface area (TPSA) is 76.2 Å². The Kier molecular flexibility index (Phi) is 8.08. The van der Waals surface area contributed by atoms with Crippen molar-refractivity contribution in [2.75, 3.05) is 39.9 Å². The number of likely N-dealkylation sites (N-methyl/N-ethyl adjacent to an activating group) is 1.